The van der Waals surface area contributed by atoms with Gasteiger partial charge in [-0.05, 0) is 49.7 Å². The smallest absolute Gasteiger partial charge is 0.274 e. The zero-order valence-electron chi connectivity index (χ0n) is 17.8. The SMILES string of the molecule is COc1ccc(NC(=O)CN2CCC[C@@H](c3cc(C(=O)N4CCOCC4)n[nH]3)C2)cc1. The van der Waals surface area contributed by atoms with Crippen molar-refractivity contribution in [3.8, 4) is 5.75 Å². The van der Waals surface area contributed by atoms with Gasteiger partial charge in [0, 0.05) is 36.9 Å². The van der Waals surface area contributed by atoms with Crippen molar-refractivity contribution in [3.63, 3.8) is 0 Å². The number of aromatic amines is 1. The highest BCUT2D eigenvalue weighted by Crippen LogP contribution is 2.26. The van der Waals surface area contributed by atoms with Crippen LogP contribution in [0.3, 0.4) is 0 Å². The van der Waals surface area contributed by atoms with Gasteiger partial charge in [0.05, 0.1) is 26.9 Å². The molecule has 2 aliphatic rings. The van der Waals surface area contributed by atoms with Gasteiger partial charge in [0.15, 0.2) is 0 Å². The number of nitrogens with zero attached hydrogens (tertiary/aromatic N) is 3. The van der Waals surface area contributed by atoms with Crippen molar-refractivity contribution in [1.82, 2.24) is 20.0 Å². The van der Waals surface area contributed by atoms with Crippen LogP contribution >= 0.6 is 0 Å². The number of ether oxygens (including phenoxy) is 2. The van der Waals surface area contributed by atoms with Crippen molar-refractivity contribution < 1.29 is 19.1 Å². The fourth-order valence-electron chi connectivity index (χ4n) is 4.11. The number of nitrogens with one attached hydrogen (secondary N) is 2. The number of hydrogen-bond donors (Lipinski definition) is 2. The molecule has 9 heteroatoms. The third-order valence-electron chi connectivity index (χ3n) is 5.80. The largest absolute Gasteiger partial charge is 0.497 e. The summed E-state index contributed by atoms with van der Waals surface area (Å²) in [7, 11) is 1.61. The third-order valence-corrected chi connectivity index (χ3v) is 5.80. The molecule has 4 rings (SSSR count). The molecule has 3 heterocycles. The molecule has 2 fully saturated rings. The number of aromatic nitrogens is 2. The second kappa shape index (κ2) is 9.93. The third kappa shape index (κ3) is 5.42. The number of amides is 2. The lowest BCUT2D eigenvalue weighted by molar-refractivity contribution is -0.117. The Balaban J connectivity index is 1.31. The van der Waals surface area contributed by atoms with E-state index >= 15 is 0 Å². The quantitative estimate of drug-likeness (QED) is 0.728. The van der Waals surface area contributed by atoms with Crippen molar-refractivity contribution in [2.45, 2.75) is 18.8 Å². The van der Waals surface area contributed by atoms with E-state index in [2.05, 4.69) is 20.4 Å². The highest BCUT2D eigenvalue weighted by molar-refractivity contribution is 5.93. The fraction of sp³-hybridized carbons (Fsp3) is 0.500. The van der Waals surface area contributed by atoms with Crippen LogP contribution in [-0.4, -0.2) is 84.9 Å². The number of rotatable bonds is 6. The van der Waals surface area contributed by atoms with E-state index in [1.54, 1.807) is 12.0 Å². The molecule has 2 aromatic rings. The standard InChI is InChI=1S/C22H29N5O4/c1-30-18-6-4-17(5-7-18)23-21(28)15-26-8-2-3-16(14-26)19-13-20(25-24-19)22(29)27-9-11-31-12-10-27/h4-7,13,16H,2-3,8-12,14-15H2,1H3,(H,23,28)(H,24,25)/t16-/m1/s1. The first-order valence-corrected chi connectivity index (χ1v) is 10.7. The molecule has 2 saturated heterocycles. The maximum Gasteiger partial charge on any atom is 0.274 e. The van der Waals surface area contributed by atoms with E-state index in [1.807, 2.05) is 30.3 Å². The Hall–Kier alpha value is -2.91. The molecule has 2 aliphatic heterocycles. The predicted molar refractivity (Wildman–Crippen MR) is 115 cm³/mol. The van der Waals surface area contributed by atoms with Crippen LogP contribution in [0.15, 0.2) is 30.3 Å². The lowest BCUT2D eigenvalue weighted by atomic mass is 9.94. The van der Waals surface area contributed by atoms with Gasteiger partial charge in [-0.1, -0.05) is 0 Å². The molecule has 0 bridgehead atoms. The normalized spacial score (nSPS) is 19.8. The van der Waals surface area contributed by atoms with Gasteiger partial charge in [-0.2, -0.15) is 5.10 Å². The molecule has 0 unspecified atom stereocenters. The van der Waals surface area contributed by atoms with Crippen LogP contribution < -0.4 is 10.1 Å². The van der Waals surface area contributed by atoms with E-state index < -0.39 is 0 Å². The monoisotopic (exact) mass is 427 g/mol. The van der Waals surface area contributed by atoms with E-state index in [-0.39, 0.29) is 17.7 Å². The average molecular weight is 428 g/mol. The van der Waals surface area contributed by atoms with Gasteiger partial charge in [0.2, 0.25) is 5.91 Å². The Bertz CT molecular complexity index is 892. The van der Waals surface area contributed by atoms with E-state index in [4.69, 9.17) is 9.47 Å². The highest BCUT2D eigenvalue weighted by Gasteiger charge is 2.26. The van der Waals surface area contributed by atoms with Gasteiger partial charge < -0.3 is 19.7 Å². The van der Waals surface area contributed by atoms with Gasteiger partial charge in [0.25, 0.3) is 5.91 Å². The molecule has 166 valence electrons. The molecule has 1 aromatic heterocycles. The first-order chi connectivity index (χ1) is 15.1. The van der Waals surface area contributed by atoms with Crippen LogP contribution in [0.25, 0.3) is 0 Å². The lowest BCUT2D eigenvalue weighted by Crippen LogP contribution is -2.40. The summed E-state index contributed by atoms with van der Waals surface area (Å²) < 4.78 is 10.5. The number of likely N-dealkylation sites (tertiary alicyclic amines) is 1. The van der Waals surface area contributed by atoms with Crippen LogP contribution in [0.4, 0.5) is 5.69 Å². The molecule has 2 amide bonds. The molecule has 1 atom stereocenters. The predicted octanol–water partition coefficient (Wildman–Crippen LogP) is 1.71. The van der Waals surface area contributed by atoms with Crippen LogP contribution in [0, 0.1) is 0 Å². The number of carbonyl (C=O) groups is 2. The van der Waals surface area contributed by atoms with Crippen molar-refractivity contribution in [1.29, 1.82) is 0 Å². The summed E-state index contributed by atoms with van der Waals surface area (Å²) in [6, 6.07) is 9.16. The number of hydrogen-bond acceptors (Lipinski definition) is 6. The maximum atomic E-state index is 12.6. The summed E-state index contributed by atoms with van der Waals surface area (Å²) in [5.74, 6) is 0.875. The molecule has 31 heavy (non-hydrogen) atoms. The number of morpholine rings is 1. The van der Waals surface area contributed by atoms with Crippen molar-refractivity contribution in [2.75, 3.05) is 58.4 Å². The Morgan fingerprint density at radius 2 is 2.00 bits per heavy atom. The molecule has 0 spiro atoms. The Morgan fingerprint density at radius 3 is 2.74 bits per heavy atom. The number of anilines is 1. The molecular formula is C22H29N5O4. The Morgan fingerprint density at radius 1 is 1.23 bits per heavy atom. The Kier molecular flexibility index (Phi) is 6.83. The van der Waals surface area contributed by atoms with Crippen LogP contribution in [-0.2, 0) is 9.53 Å². The van der Waals surface area contributed by atoms with Crippen molar-refractivity contribution >= 4 is 17.5 Å². The second-order valence-corrected chi connectivity index (χ2v) is 7.96. The number of carbonyl (C=O) groups excluding carboxylic acids is 2. The van der Waals surface area contributed by atoms with E-state index in [1.165, 1.54) is 0 Å². The summed E-state index contributed by atoms with van der Waals surface area (Å²) in [6.45, 7) is 4.29. The number of benzene rings is 1. The number of piperidine rings is 1. The van der Waals surface area contributed by atoms with E-state index in [0.29, 0.717) is 38.5 Å². The molecule has 0 saturated carbocycles. The first kappa shape index (κ1) is 21.3. The van der Waals surface area contributed by atoms with Gasteiger partial charge in [-0.25, -0.2) is 0 Å². The number of methoxy groups -OCH3 is 1. The zero-order valence-corrected chi connectivity index (χ0v) is 17.8. The highest BCUT2D eigenvalue weighted by atomic mass is 16.5. The molecule has 9 nitrogen and oxygen atoms in total. The van der Waals surface area contributed by atoms with Gasteiger partial charge in [-0.3, -0.25) is 19.6 Å². The molecule has 0 aliphatic carbocycles. The minimum Gasteiger partial charge on any atom is -0.497 e. The fourth-order valence-corrected chi connectivity index (χ4v) is 4.11. The van der Waals surface area contributed by atoms with Gasteiger partial charge in [0.1, 0.15) is 11.4 Å². The summed E-state index contributed by atoms with van der Waals surface area (Å²) in [5.41, 5.74) is 2.15. The van der Waals surface area contributed by atoms with E-state index in [9.17, 15) is 9.59 Å². The molecule has 0 radical (unpaired) electrons. The average Bonchev–Trinajstić information content (AvgIpc) is 3.30. The van der Waals surface area contributed by atoms with Crippen LogP contribution in [0.5, 0.6) is 5.75 Å². The number of H-pyrrole nitrogens is 1. The second-order valence-electron chi connectivity index (χ2n) is 7.96. The summed E-state index contributed by atoms with van der Waals surface area (Å²) in [4.78, 5) is 29.0. The minimum atomic E-state index is -0.0580. The molecular weight excluding hydrogens is 398 g/mol. The van der Waals surface area contributed by atoms with Gasteiger partial charge in [-0.15, -0.1) is 0 Å². The zero-order chi connectivity index (χ0) is 21.6. The summed E-state index contributed by atoms with van der Waals surface area (Å²) in [6.07, 6.45) is 2.00. The summed E-state index contributed by atoms with van der Waals surface area (Å²) in [5, 5.41) is 10.2. The van der Waals surface area contributed by atoms with Crippen LogP contribution in [0.1, 0.15) is 34.9 Å². The maximum absolute atomic E-state index is 12.6. The topological polar surface area (TPSA) is 99.8 Å². The minimum absolute atomic E-state index is 0.0430. The molecule has 2 N–H and O–H groups in total. The lowest BCUT2D eigenvalue weighted by Gasteiger charge is -2.31. The Labute approximate surface area is 181 Å². The van der Waals surface area contributed by atoms with E-state index in [0.717, 1.165) is 43.1 Å². The molecule has 1 aromatic carbocycles. The summed E-state index contributed by atoms with van der Waals surface area (Å²) >= 11 is 0. The van der Waals surface area contributed by atoms with Crippen LogP contribution in [0.2, 0.25) is 0 Å². The van der Waals surface area contributed by atoms with Gasteiger partial charge >= 0.3 is 0 Å². The van der Waals surface area contributed by atoms with Crippen molar-refractivity contribution in [2.24, 2.45) is 0 Å². The first-order valence-electron chi connectivity index (χ1n) is 10.7. The van der Waals surface area contributed by atoms with Crippen molar-refractivity contribution in [3.05, 3.63) is 41.7 Å².